The molecule has 1 rings (SSSR count). The molecule has 0 fully saturated rings. The highest BCUT2D eigenvalue weighted by molar-refractivity contribution is 5.72. The average Bonchev–Trinajstić information content (AvgIpc) is 2.35. The van der Waals surface area contributed by atoms with Crippen LogP contribution in [-0.4, -0.2) is 33.0 Å². The normalized spacial score (nSPS) is 10.7. The zero-order valence-electron chi connectivity index (χ0n) is 12.8. The fourth-order valence-electron chi connectivity index (χ4n) is 1.56. The van der Waals surface area contributed by atoms with E-state index in [1.54, 1.807) is 60.2 Å². The Morgan fingerprint density at radius 3 is 2.35 bits per heavy atom. The Hall–Kier alpha value is -2.11. The molecule has 0 bridgehead atoms. The van der Waals surface area contributed by atoms with Crippen molar-refractivity contribution in [2.45, 2.75) is 26.4 Å². The lowest BCUT2D eigenvalue weighted by molar-refractivity contribution is 0.0524. The van der Waals surface area contributed by atoms with E-state index in [1.165, 1.54) is 5.01 Å². The topological polar surface area (TPSA) is 60.0 Å². The Bertz CT molecular complexity index is 469. The van der Waals surface area contributed by atoms with Gasteiger partial charge in [0.1, 0.15) is 17.1 Å². The average molecular weight is 282 g/mol. The van der Waals surface area contributed by atoms with Crippen LogP contribution in [-0.2, 0) is 4.74 Å². The van der Waals surface area contributed by atoms with Crippen molar-refractivity contribution in [3.8, 4) is 11.5 Å². The van der Waals surface area contributed by atoms with Crippen molar-refractivity contribution in [1.29, 1.82) is 0 Å². The summed E-state index contributed by atoms with van der Waals surface area (Å²) in [5.41, 5.74) is 2.76. The summed E-state index contributed by atoms with van der Waals surface area (Å²) in [5, 5.41) is 1.53. The molecule has 0 aliphatic carbocycles. The number of ether oxygens (including phenoxy) is 3. The zero-order valence-corrected chi connectivity index (χ0v) is 12.8. The number of amides is 1. The molecule has 20 heavy (non-hydrogen) atoms. The first-order valence-corrected chi connectivity index (χ1v) is 6.22. The summed E-state index contributed by atoms with van der Waals surface area (Å²) in [4.78, 5) is 11.7. The van der Waals surface area contributed by atoms with Gasteiger partial charge in [-0.2, -0.15) is 0 Å². The molecule has 0 radical (unpaired) electrons. The van der Waals surface area contributed by atoms with E-state index in [0.29, 0.717) is 17.2 Å². The quantitative estimate of drug-likeness (QED) is 0.860. The molecule has 0 aliphatic heterocycles. The van der Waals surface area contributed by atoms with Gasteiger partial charge in [-0.25, -0.2) is 10.2 Å². The second-order valence-electron chi connectivity index (χ2n) is 5.21. The number of nitrogens with one attached hydrogen (secondary N) is 1. The summed E-state index contributed by atoms with van der Waals surface area (Å²) in [5.74, 6) is 1.26. The van der Waals surface area contributed by atoms with Gasteiger partial charge in [-0.15, -0.1) is 0 Å². The first-order valence-electron chi connectivity index (χ1n) is 6.22. The van der Waals surface area contributed by atoms with Crippen molar-refractivity contribution in [3.63, 3.8) is 0 Å². The number of rotatable bonds is 4. The van der Waals surface area contributed by atoms with E-state index in [2.05, 4.69) is 5.43 Å². The Labute approximate surface area is 119 Å². The minimum absolute atomic E-state index is 0.530. The predicted octanol–water partition coefficient (Wildman–Crippen LogP) is 2.58. The molecule has 0 aliphatic rings. The molecule has 0 aromatic heterocycles. The van der Waals surface area contributed by atoms with Gasteiger partial charge in [-0.05, 0) is 32.9 Å². The van der Waals surface area contributed by atoms with E-state index < -0.39 is 11.7 Å². The number of carbonyl (C=O) groups excluding carboxylic acids is 1. The molecule has 112 valence electrons. The molecule has 1 aromatic carbocycles. The summed E-state index contributed by atoms with van der Waals surface area (Å²) in [6.07, 6.45) is -0.530. The maximum atomic E-state index is 11.7. The number of hydrazine groups is 1. The van der Waals surface area contributed by atoms with E-state index >= 15 is 0 Å². The van der Waals surface area contributed by atoms with E-state index in [9.17, 15) is 4.79 Å². The fraction of sp³-hybridized carbons (Fsp3) is 0.500. The molecule has 1 N–H and O–H groups in total. The third-order valence-electron chi connectivity index (χ3n) is 2.41. The van der Waals surface area contributed by atoms with E-state index in [-0.39, 0.29) is 0 Å². The van der Waals surface area contributed by atoms with E-state index in [4.69, 9.17) is 14.2 Å². The molecular formula is C14H22N2O4. The number of carbonyl (C=O) groups is 1. The van der Waals surface area contributed by atoms with Gasteiger partial charge in [0.05, 0.1) is 19.9 Å². The summed E-state index contributed by atoms with van der Waals surface area (Å²) in [6.45, 7) is 5.42. The summed E-state index contributed by atoms with van der Waals surface area (Å²) in [7, 11) is 4.84. The number of hydrogen-bond donors (Lipinski definition) is 1. The van der Waals surface area contributed by atoms with Crippen LogP contribution in [0.25, 0.3) is 0 Å². The SMILES string of the molecule is COc1ccc(N(C)NC(=O)OC(C)(C)C)c(OC)c1. The van der Waals surface area contributed by atoms with Gasteiger partial charge in [0, 0.05) is 13.1 Å². The molecule has 0 saturated heterocycles. The van der Waals surface area contributed by atoms with Gasteiger partial charge in [0.15, 0.2) is 0 Å². The maximum absolute atomic E-state index is 11.7. The van der Waals surface area contributed by atoms with Gasteiger partial charge in [-0.3, -0.25) is 5.01 Å². The summed E-state index contributed by atoms with van der Waals surface area (Å²) in [6, 6.07) is 5.31. The number of anilines is 1. The largest absolute Gasteiger partial charge is 0.497 e. The van der Waals surface area contributed by atoms with Crippen molar-refractivity contribution in [1.82, 2.24) is 5.43 Å². The second kappa shape index (κ2) is 6.36. The molecule has 0 heterocycles. The monoisotopic (exact) mass is 282 g/mol. The molecule has 6 heteroatoms. The number of hydrogen-bond acceptors (Lipinski definition) is 5. The van der Waals surface area contributed by atoms with Crippen molar-refractivity contribution >= 4 is 11.8 Å². The highest BCUT2D eigenvalue weighted by atomic mass is 16.6. The van der Waals surface area contributed by atoms with Crippen molar-refractivity contribution in [3.05, 3.63) is 18.2 Å². The van der Waals surface area contributed by atoms with Crippen LogP contribution in [0.3, 0.4) is 0 Å². The highest BCUT2D eigenvalue weighted by Crippen LogP contribution is 2.30. The first kappa shape index (κ1) is 15.9. The Morgan fingerprint density at radius 2 is 1.85 bits per heavy atom. The maximum Gasteiger partial charge on any atom is 0.426 e. The van der Waals surface area contributed by atoms with Crippen LogP contribution in [0.5, 0.6) is 11.5 Å². The highest BCUT2D eigenvalue weighted by Gasteiger charge is 2.18. The third-order valence-corrected chi connectivity index (χ3v) is 2.41. The lowest BCUT2D eigenvalue weighted by Crippen LogP contribution is -2.42. The second-order valence-corrected chi connectivity index (χ2v) is 5.21. The third kappa shape index (κ3) is 4.53. The van der Waals surface area contributed by atoms with Crippen LogP contribution in [0.15, 0.2) is 18.2 Å². The minimum Gasteiger partial charge on any atom is -0.497 e. The summed E-state index contributed by atoms with van der Waals surface area (Å²) < 4.78 is 15.6. The fourth-order valence-corrected chi connectivity index (χ4v) is 1.56. The molecule has 1 aromatic rings. The minimum atomic E-state index is -0.547. The van der Waals surface area contributed by atoms with E-state index in [0.717, 1.165) is 0 Å². The van der Waals surface area contributed by atoms with Crippen LogP contribution in [0.4, 0.5) is 10.5 Å². The lowest BCUT2D eigenvalue weighted by atomic mass is 10.2. The van der Waals surface area contributed by atoms with Gasteiger partial charge < -0.3 is 14.2 Å². The van der Waals surface area contributed by atoms with Gasteiger partial charge in [0.25, 0.3) is 0 Å². The summed E-state index contributed by atoms with van der Waals surface area (Å²) >= 11 is 0. The van der Waals surface area contributed by atoms with Gasteiger partial charge in [-0.1, -0.05) is 0 Å². The van der Waals surface area contributed by atoms with Crippen LogP contribution >= 0.6 is 0 Å². The standard InChI is InChI=1S/C14H22N2O4/c1-14(2,3)20-13(17)15-16(4)11-8-7-10(18-5)9-12(11)19-6/h7-9H,1-6H3,(H,15,17). The predicted molar refractivity (Wildman–Crippen MR) is 77.3 cm³/mol. The molecule has 0 unspecified atom stereocenters. The Kier molecular flexibility index (Phi) is 5.07. The van der Waals surface area contributed by atoms with E-state index in [1.807, 2.05) is 0 Å². The smallest absolute Gasteiger partial charge is 0.426 e. The van der Waals surface area contributed by atoms with Crippen molar-refractivity contribution < 1.29 is 19.0 Å². The molecular weight excluding hydrogens is 260 g/mol. The van der Waals surface area contributed by atoms with Crippen molar-refractivity contribution in [2.75, 3.05) is 26.3 Å². The lowest BCUT2D eigenvalue weighted by Gasteiger charge is -2.25. The Morgan fingerprint density at radius 1 is 1.20 bits per heavy atom. The molecule has 1 amide bonds. The Balaban J connectivity index is 2.81. The molecule has 0 saturated carbocycles. The first-order chi connectivity index (χ1) is 9.26. The van der Waals surface area contributed by atoms with Crippen LogP contribution < -0.4 is 19.9 Å². The number of nitrogens with zero attached hydrogens (tertiary/aromatic N) is 1. The van der Waals surface area contributed by atoms with Gasteiger partial charge in [0.2, 0.25) is 0 Å². The number of benzene rings is 1. The van der Waals surface area contributed by atoms with Crippen LogP contribution in [0.2, 0.25) is 0 Å². The molecule has 0 spiro atoms. The molecule has 6 nitrogen and oxygen atoms in total. The zero-order chi connectivity index (χ0) is 15.3. The van der Waals surface area contributed by atoms with Crippen LogP contribution in [0.1, 0.15) is 20.8 Å². The molecule has 0 atom stereocenters. The van der Waals surface area contributed by atoms with Gasteiger partial charge >= 0.3 is 6.09 Å². The van der Waals surface area contributed by atoms with Crippen LogP contribution in [0, 0.1) is 0 Å². The number of methoxy groups -OCH3 is 2. The van der Waals surface area contributed by atoms with Crippen molar-refractivity contribution in [2.24, 2.45) is 0 Å².